The monoisotopic (exact) mass is 191 g/mol. The summed E-state index contributed by atoms with van der Waals surface area (Å²) in [5.74, 6) is -0.601. The molecule has 0 radical (unpaired) electrons. The number of carbonyl (C=O) groups is 2. The molecule has 1 heterocycles. The highest BCUT2D eigenvalue weighted by atomic mass is 16.2. The first-order valence-electron chi connectivity index (χ1n) is 4.65. The minimum Gasteiger partial charge on any atom is -0.288 e. The molecular formula is C11H13NO2. The van der Waals surface area contributed by atoms with Crippen molar-refractivity contribution in [3.8, 4) is 0 Å². The Hall–Kier alpha value is -1.64. The molecule has 0 unspecified atom stereocenters. The van der Waals surface area contributed by atoms with Crippen molar-refractivity contribution < 1.29 is 9.59 Å². The molecule has 0 atom stereocenters. The molecule has 2 rings (SSSR count). The van der Waals surface area contributed by atoms with Crippen molar-refractivity contribution in [1.29, 1.82) is 0 Å². The smallest absolute Gasteiger partial charge is 0.258 e. The largest absolute Gasteiger partial charge is 0.288 e. The van der Waals surface area contributed by atoms with E-state index >= 15 is 0 Å². The molecular weight excluding hydrogens is 178 g/mol. The van der Waals surface area contributed by atoms with Crippen LogP contribution in [0.1, 0.15) is 41.0 Å². The Morgan fingerprint density at radius 3 is 1.71 bits per heavy atom. The number of hydrogen-bond acceptors (Lipinski definition) is 2. The van der Waals surface area contributed by atoms with E-state index in [4.69, 9.17) is 0 Å². The van der Waals surface area contributed by atoms with Crippen molar-refractivity contribution in [2.24, 2.45) is 0 Å². The molecule has 74 valence electrons. The van der Waals surface area contributed by atoms with Gasteiger partial charge < -0.3 is 0 Å². The molecule has 0 saturated carbocycles. The number of fused-ring (bicyclic) bond motifs is 1. The fourth-order valence-electron chi connectivity index (χ4n) is 1.12. The molecule has 0 bridgehead atoms. The minimum absolute atomic E-state index is 0.300. The predicted molar refractivity (Wildman–Crippen MR) is 54.2 cm³/mol. The number of carbonyl (C=O) groups excluding carboxylic acids is 2. The lowest BCUT2D eigenvalue weighted by atomic mass is 10.1. The summed E-state index contributed by atoms with van der Waals surface area (Å²) < 4.78 is 0. The van der Waals surface area contributed by atoms with Crippen molar-refractivity contribution in [3.05, 3.63) is 35.4 Å². The fraction of sp³-hybridized carbons (Fsp3) is 0.273. The van der Waals surface area contributed by atoms with E-state index < -0.39 is 0 Å². The maximum atomic E-state index is 10.9. The van der Waals surface area contributed by atoms with Crippen LogP contribution >= 0.6 is 0 Å². The van der Waals surface area contributed by atoms with Crippen LogP contribution in [0.4, 0.5) is 0 Å². The average Bonchev–Trinajstić information content (AvgIpc) is 2.45. The first-order chi connectivity index (χ1) is 6.70. The average molecular weight is 191 g/mol. The van der Waals surface area contributed by atoms with Gasteiger partial charge in [0.1, 0.15) is 0 Å². The zero-order valence-corrected chi connectivity index (χ0v) is 8.33. The highest BCUT2D eigenvalue weighted by Gasteiger charge is 2.25. The Morgan fingerprint density at radius 2 is 1.36 bits per heavy atom. The molecule has 0 aromatic heterocycles. The van der Waals surface area contributed by atoms with Crippen LogP contribution in [0.15, 0.2) is 24.3 Å². The SMILES string of the molecule is CCC.O=C1NC(=O)c2ccccc21. The summed E-state index contributed by atoms with van der Waals surface area (Å²) in [5.41, 5.74) is 0.940. The Balaban J connectivity index is 0.000000293. The van der Waals surface area contributed by atoms with Crippen LogP contribution in [0.2, 0.25) is 0 Å². The Bertz CT molecular complexity index is 325. The van der Waals surface area contributed by atoms with Gasteiger partial charge in [0, 0.05) is 0 Å². The number of benzene rings is 1. The second-order valence-corrected chi connectivity index (χ2v) is 3.04. The third-order valence-electron chi connectivity index (χ3n) is 1.64. The van der Waals surface area contributed by atoms with Crippen LogP contribution in [0.3, 0.4) is 0 Å². The first kappa shape index (κ1) is 10.4. The number of nitrogens with one attached hydrogen (secondary N) is 1. The maximum Gasteiger partial charge on any atom is 0.258 e. The summed E-state index contributed by atoms with van der Waals surface area (Å²) in [6, 6.07) is 6.74. The van der Waals surface area contributed by atoms with E-state index in [9.17, 15) is 9.59 Å². The maximum absolute atomic E-state index is 10.9. The van der Waals surface area contributed by atoms with Gasteiger partial charge in [-0.2, -0.15) is 0 Å². The molecule has 3 heteroatoms. The van der Waals surface area contributed by atoms with Gasteiger partial charge in [-0.25, -0.2) is 0 Å². The van der Waals surface area contributed by atoms with E-state index in [1.54, 1.807) is 24.3 Å². The zero-order chi connectivity index (χ0) is 10.6. The van der Waals surface area contributed by atoms with Crippen LogP contribution in [0, 0.1) is 0 Å². The summed E-state index contributed by atoms with van der Waals surface area (Å²) in [6.45, 7) is 4.25. The van der Waals surface area contributed by atoms with Gasteiger partial charge in [0.25, 0.3) is 11.8 Å². The topological polar surface area (TPSA) is 46.2 Å². The Labute approximate surface area is 83.1 Å². The molecule has 3 nitrogen and oxygen atoms in total. The van der Waals surface area contributed by atoms with Gasteiger partial charge in [-0.1, -0.05) is 32.4 Å². The van der Waals surface area contributed by atoms with E-state index in [0.29, 0.717) is 11.1 Å². The molecule has 1 aliphatic rings. The van der Waals surface area contributed by atoms with Gasteiger partial charge in [0.05, 0.1) is 11.1 Å². The van der Waals surface area contributed by atoms with Crippen molar-refractivity contribution in [2.45, 2.75) is 20.3 Å². The van der Waals surface area contributed by atoms with E-state index in [0.717, 1.165) is 0 Å². The quantitative estimate of drug-likeness (QED) is 0.637. The highest BCUT2D eigenvalue weighted by molar-refractivity contribution is 6.21. The normalized spacial score (nSPS) is 12.7. The molecule has 14 heavy (non-hydrogen) atoms. The molecule has 1 aliphatic heterocycles. The first-order valence-corrected chi connectivity index (χ1v) is 4.65. The number of amides is 2. The third kappa shape index (κ3) is 1.99. The van der Waals surface area contributed by atoms with E-state index in [1.807, 2.05) is 0 Å². The standard InChI is InChI=1S/C8H5NO2.C3H8/c10-7-5-3-1-2-4-6(5)8(11)9-7;1-3-2/h1-4H,(H,9,10,11);3H2,1-2H3. The molecule has 0 fully saturated rings. The number of rotatable bonds is 0. The van der Waals surface area contributed by atoms with Gasteiger partial charge in [-0.05, 0) is 12.1 Å². The van der Waals surface area contributed by atoms with Crippen molar-refractivity contribution in [1.82, 2.24) is 5.32 Å². The van der Waals surface area contributed by atoms with E-state index in [2.05, 4.69) is 19.2 Å². The number of hydrogen-bond donors (Lipinski definition) is 1. The third-order valence-corrected chi connectivity index (χ3v) is 1.64. The minimum atomic E-state index is -0.300. The molecule has 1 N–H and O–H groups in total. The number of imide groups is 1. The zero-order valence-electron chi connectivity index (χ0n) is 8.33. The van der Waals surface area contributed by atoms with Crippen LogP contribution in [0.5, 0.6) is 0 Å². The Morgan fingerprint density at radius 1 is 1.00 bits per heavy atom. The molecule has 0 spiro atoms. The summed E-state index contributed by atoms with van der Waals surface area (Å²) in [6.07, 6.45) is 1.25. The highest BCUT2D eigenvalue weighted by Crippen LogP contribution is 2.13. The van der Waals surface area contributed by atoms with Crippen molar-refractivity contribution in [3.63, 3.8) is 0 Å². The summed E-state index contributed by atoms with van der Waals surface area (Å²) in [7, 11) is 0. The molecule has 0 aliphatic carbocycles. The van der Waals surface area contributed by atoms with Crippen molar-refractivity contribution in [2.75, 3.05) is 0 Å². The van der Waals surface area contributed by atoms with Crippen LogP contribution in [-0.4, -0.2) is 11.8 Å². The lowest BCUT2D eigenvalue weighted by molar-refractivity contribution is 0.0879. The summed E-state index contributed by atoms with van der Waals surface area (Å²) in [5, 5.41) is 2.20. The summed E-state index contributed by atoms with van der Waals surface area (Å²) >= 11 is 0. The van der Waals surface area contributed by atoms with Crippen LogP contribution in [0.25, 0.3) is 0 Å². The van der Waals surface area contributed by atoms with Gasteiger partial charge in [-0.3, -0.25) is 14.9 Å². The van der Waals surface area contributed by atoms with E-state index in [-0.39, 0.29) is 11.8 Å². The van der Waals surface area contributed by atoms with Gasteiger partial charge in [-0.15, -0.1) is 0 Å². The van der Waals surface area contributed by atoms with Crippen LogP contribution < -0.4 is 5.32 Å². The molecule has 1 aromatic rings. The molecule has 1 aromatic carbocycles. The fourth-order valence-corrected chi connectivity index (χ4v) is 1.12. The molecule has 2 amide bonds. The van der Waals surface area contributed by atoms with Gasteiger partial charge in [0.2, 0.25) is 0 Å². The van der Waals surface area contributed by atoms with E-state index in [1.165, 1.54) is 6.42 Å². The lowest BCUT2D eigenvalue weighted by Crippen LogP contribution is -2.19. The van der Waals surface area contributed by atoms with Crippen LogP contribution in [-0.2, 0) is 0 Å². The lowest BCUT2D eigenvalue weighted by Gasteiger charge is -1.88. The van der Waals surface area contributed by atoms with Gasteiger partial charge >= 0.3 is 0 Å². The predicted octanol–water partition coefficient (Wildman–Crippen LogP) is 1.99. The second-order valence-electron chi connectivity index (χ2n) is 3.04. The Kier molecular flexibility index (Phi) is 3.40. The molecule has 0 saturated heterocycles. The van der Waals surface area contributed by atoms with Gasteiger partial charge in [0.15, 0.2) is 0 Å². The second kappa shape index (κ2) is 4.56. The summed E-state index contributed by atoms with van der Waals surface area (Å²) in [4.78, 5) is 21.9. The van der Waals surface area contributed by atoms with Crippen molar-refractivity contribution >= 4 is 11.8 Å².